The van der Waals surface area contributed by atoms with Crippen LogP contribution in [0.5, 0.6) is 5.75 Å². The number of hydrogen-bond donors (Lipinski definition) is 3. The predicted molar refractivity (Wildman–Crippen MR) is 121 cm³/mol. The molecule has 0 spiro atoms. The van der Waals surface area contributed by atoms with E-state index in [0.29, 0.717) is 22.9 Å². The van der Waals surface area contributed by atoms with Crippen molar-refractivity contribution in [3.63, 3.8) is 0 Å². The normalized spacial score (nSPS) is 11.8. The van der Waals surface area contributed by atoms with Crippen molar-refractivity contribution in [2.24, 2.45) is 0 Å². The van der Waals surface area contributed by atoms with Crippen LogP contribution in [0.2, 0.25) is 5.02 Å². The molecule has 2 rings (SSSR count). The van der Waals surface area contributed by atoms with Gasteiger partial charge in [-0.25, -0.2) is 4.79 Å². The van der Waals surface area contributed by atoms with Crippen molar-refractivity contribution in [1.82, 2.24) is 16.2 Å². The molecule has 3 amide bonds. The van der Waals surface area contributed by atoms with Gasteiger partial charge in [0.25, 0.3) is 11.8 Å². The van der Waals surface area contributed by atoms with Crippen molar-refractivity contribution in [2.45, 2.75) is 52.9 Å². The third-order valence-electron chi connectivity index (χ3n) is 4.18. The topological polar surface area (TPSA) is 106 Å². The number of rotatable bonds is 6. The first-order valence-corrected chi connectivity index (χ1v) is 10.4. The molecule has 0 heterocycles. The SMILES string of the molecule is Cc1cc(OCc2ccc(C(=O)NNC(=O)[C@@H](C)NC(=O)OC(C)(C)C)cc2)ccc1Cl. The molecule has 3 N–H and O–H groups in total. The van der Waals surface area contributed by atoms with Crippen molar-refractivity contribution in [2.75, 3.05) is 0 Å². The minimum atomic E-state index is -0.902. The van der Waals surface area contributed by atoms with E-state index in [1.54, 1.807) is 57.2 Å². The summed E-state index contributed by atoms with van der Waals surface area (Å²) in [6.45, 7) is 8.85. The lowest BCUT2D eigenvalue weighted by atomic mass is 10.1. The summed E-state index contributed by atoms with van der Waals surface area (Å²) in [6.07, 6.45) is -0.724. The quantitative estimate of drug-likeness (QED) is 0.566. The van der Waals surface area contributed by atoms with Gasteiger partial charge in [-0.2, -0.15) is 0 Å². The van der Waals surface area contributed by atoms with Crippen molar-refractivity contribution >= 4 is 29.5 Å². The Balaban J connectivity index is 1.81. The van der Waals surface area contributed by atoms with Gasteiger partial charge in [-0.1, -0.05) is 23.7 Å². The van der Waals surface area contributed by atoms with E-state index in [9.17, 15) is 14.4 Å². The molecule has 0 radical (unpaired) electrons. The lowest BCUT2D eigenvalue weighted by Crippen LogP contribution is -2.51. The van der Waals surface area contributed by atoms with Crippen molar-refractivity contribution < 1.29 is 23.9 Å². The molecule has 2 aromatic rings. The second-order valence-corrected chi connectivity index (χ2v) is 8.62. The van der Waals surface area contributed by atoms with Crippen LogP contribution in [0.25, 0.3) is 0 Å². The largest absolute Gasteiger partial charge is 0.489 e. The van der Waals surface area contributed by atoms with Gasteiger partial charge in [0.05, 0.1) is 0 Å². The van der Waals surface area contributed by atoms with E-state index in [4.69, 9.17) is 21.1 Å². The predicted octanol–water partition coefficient (Wildman–Crippen LogP) is 3.90. The average Bonchev–Trinajstić information content (AvgIpc) is 2.71. The molecule has 0 aromatic heterocycles. The number of benzene rings is 2. The summed E-state index contributed by atoms with van der Waals surface area (Å²) in [5, 5.41) is 3.07. The van der Waals surface area contributed by atoms with Gasteiger partial charge in [0.1, 0.15) is 24.0 Å². The molecule has 1 atom stereocenters. The molecule has 32 heavy (non-hydrogen) atoms. The third-order valence-corrected chi connectivity index (χ3v) is 4.60. The van der Waals surface area contributed by atoms with Crippen LogP contribution in [-0.4, -0.2) is 29.6 Å². The van der Waals surface area contributed by atoms with Gasteiger partial charge < -0.3 is 14.8 Å². The lowest BCUT2D eigenvalue weighted by Gasteiger charge is -2.21. The number of ether oxygens (including phenoxy) is 2. The number of hydrogen-bond acceptors (Lipinski definition) is 5. The molecule has 0 saturated heterocycles. The van der Waals surface area contributed by atoms with Gasteiger partial charge in [0.15, 0.2) is 0 Å². The van der Waals surface area contributed by atoms with Crippen LogP contribution in [0.15, 0.2) is 42.5 Å². The maximum atomic E-state index is 12.3. The molecular formula is C23H28ClN3O5. The Morgan fingerprint density at radius 1 is 1.03 bits per heavy atom. The summed E-state index contributed by atoms with van der Waals surface area (Å²) in [7, 11) is 0. The van der Waals surface area contributed by atoms with Gasteiger partial charge >= 0.3 is 6.09 Å². The summed E-state index contributed by atoms with van der Waals surface area (Å²) >= 11 is 6.01. The number of amides is 3. The number of carbonyl (C=O) groups is 3. The fourth-order valence-electron chi connectivity index (χ4n) is 2.47. The average molecular weight is 462 g/mol. The maximum Gasteiger partial charge on any atom is 0.408 e. The Labute approximate surface area is 192 Å². The highest BCUT2D eigenvalue weighted by molar-refractivity contribution is 6.31. The Bertz CT molecular complexity index is 971. The summed E-state index contributed by atoms with van der Waals surface area (Å²) in [6, 6.07) is 11.3. The molecule has 0 unspecified atom stereocenters. The first-order valence-electron chi connectivity index (χ1n) is 10.0. The molecule has 0 fully saturated rings. The highest BCUT2D eigenvalue weighted by Gasteiger charge is 2.21. The number of alkyl carbamates (subject to hydrolysis) is 1. The van der Waals surface area contributed by atoms with Gasteiger partial charge in [0, 0.05) is 10.6 Å². The van der Waals surface area contributed by atoms with Crippen LogP contribution in [0, 0.1) is 6.92 Å². The monoisotopic (exact) mass is 461 g/mol. The second-order valence-electron chi connectivity index (χ2n) is 8.21. The van der Waals surface area contributed by atoms with Crippen LogP contribution in [0.1, 0.15) is 49.2 Å². The molecule has 0 aliphatic carbocycles. The fourth-order valence-corrected chi connectivity index (χ4v) is 2.59. The molecule has 9 heteroatoms. The first kappa shape index (κ1) is 25.0. The van der Waals surface area contributed by atoms with Crippen molar-refractivity contribution in [3.05, 3.63) is 64.2 Å². The van der Waals surface area contributed by atoms with E-state index in [1.807, 2.05) is 13.0 Å². The van der Waals surface area contributed by atoms with Crippen LogP contribution in [0.4, 0.5) is 4.79 Å². The van der Waals surface area contributed by atoms with E-state index in [1.165, 1.54) is 6.92 Å². The number of aryl methyl sites for hydroxylation is 1. The summed E-state index contributed by atoms with van der Waals surface area (Å²) in [4.78, 5) is 36.1. The van der Waals surface area contributed by atoms with Crippen molar-refractivity contribution in [1.29, 1.82) is 0 Å². The Morgan fingerprint density at radius 2 is 1.69 bits per heavy atom. The molecule has 8 nitrogen and oxygen atoms in total. The highest BCUT2D eigenvalue weighted by atomic mass is 35.5. The molecule has 0 aliphatic rings. The number of nitrogens with one attached hydrogen (secondary N) is 3. The number of carbonyl (C=O) groups excluding carboxylic acids is 3. The maximum absolute atomic E-state index is 12.3. The van der Waals surface area contributed by atoms with E-state index < -0.39 is 29.6 Å². The van der Waals surface area contributed by atoms with Crippen LogP contribution >= 0.6 is 11.6 Å². The Kier molecular flexibility index (Phi) is 8.48. The zero-order valence-corrected chi connectivity index (χ0v) is 19.5. The Morgan fingerprint density at radius 3 is 2.28 bits per heavy atom. The molecular weight excluding hydrogens is 434 g/mol. The molecule has 2 aromatic carbocycles. The van der Waals surface area contributed by atoms with Crippen LogP contribution in [-0.2, 0) is 16.1 Å². The highest BCUT2D eigenvalue weighted by Crippen LogP contribution is 2.21. The summed E-state index contributed by atoms with van der Waals surface area (Å²) in [5.74, 6) is -0.387. The smallest absolute Gasteiger partial charge is 0.408 e. The third kappa shape index (κ3) is 8.11. The van der Waals surface area contributed by atoms with Gasteiger partial charge in [-0.05, 0) is 76.1 Å². The Hall–Kier alpha value is -3.26. The van der Waals surface area contributed by atoms with Crippen molar-refractivity contribution in [3.8, 4) is 5.75 Å². The van der Waals surface area contributed by atoms with E-state index in [-0.39, 0.29) is 0 Å². The lowest BCUT2D eigenvalue weighted by molar-refractivity contribution is -0.123. The summed E-state index contributed by atoms with van der Waals surface area (Å²) in [5.41, 5.74) is 6.06. The van der Waals surface area contributed by atoms with E-state index in [0.717, 1.165) is 11.1 Å². The second kappa shape index (κ2) is 10.9. The first-order chi connectivity index (χ1) is 14.9. The van der Waals surface area contributed by atoms with Gasteiger partial charge in [-0.3, -0.25) is 20.4 Å². The zero-order valence-electron chi connectivity index (χ0n) is 18.7. The van der Waals surface area contributed by atoms with Crippen LogP contribution in [0.3, 0.4) is 0 Å². The molecule has 0 saturated carbocycles. The minimum absolute atomic E-state index is 0.327. The number of hydrazine groups is 1. The van der Waals surface area contributed by atoms with Crippen LogP contribution < -0.4 is 20.9 Å². The molecule has 172 valence electrons. The van der Waals surface area contributed by atoms with Gasteiger partial charge in [0.2, 0.25) is 0 Å². The number of halogens is 1. The van der Waals surface area contributed by atoms with E-state index in [2.05, 4.69) is 16.2 Å². The molecule has 0 bridgehead atoms. The molecule has 0 aliphatic heterocycles. The fraction of sp³-hybridized carbons (Fsp3) is 0.348. The zero-order chi connectivity index (χ0) is 23.9. The van der Waals surface area contributed by atoms with E-state index >= 15 is 0 Å². The van der Waals surface area contributed by atoms with Gasteiger partial charge in [-0.15, -0.1) is 0 Å². The minimum Gasteiger partial charge on any atom is -0.489 e. The standard InChI is InChI=1S/C23H28ClN3O5/c1-14-12-18(10-11-19(14)24)31-13-16-6-8-17(9-7-16)21(29)27-26-20(28)15(2)25-22(30)32-23(3,4)5/h6-12,15H,13H2,1-5H3,(H,25,30)(H,26,28)(H,27,29)/t15-/m1/s1. The summed E-state index contributed by atoms with van der Waals surface area (Å²) < 4.78 is 10.8.